The Labute approximate surface area is 116 Å². The lowest BCUT2D eigenvalue weighted by Crippen LogP contribution is -2.34. The van der Waals surface area contributed by atoms with Crippen molar-refractivity contribution in [1.82, 2.24) is 0 Å². The van der Waals surface area contributed by atoms with Gasteiger partial charge in [-0.2, -0.15) is 0 Å². The van der Waals surface area contributed by atoms with Gasteiger partial charge < -0.3 is 10.6 Å². The van der Waals surface area contributed by atoms with E-state index < -0.39 is 6.04 Å². The number of fused-ring (bicyclic) bond motifs is 1. The minimum absolute atomic E-state index is 0.0399. The number of carbonyl (C=O) groups excluding carboxylic acids is 1. The zero-order chi connectivity index (χ0) is 14.1. The third-order valence-corrected chi connectivity index (χ3v) is 3.58. The summed E-state index contributed by atoms with van der Waals surface area (Å²) >= 11 is 0. The highest BCUT2D eigenvalue weighted by molar-refractivity contribution is 6.01. The quantitative estimate of drug-likeness (QED) is 0.931. The molecule has 1 amide bonds. The van der Waals surface area contributed by atoms with Crippen LogP contribution in [0.1, 0.15) is 17.2 Å². The molecular weight excluding hydrogens is 255 g/mol. The number of hydrogen-bond donors (Lipinski definition) is 1. The first kappa shape index (κ1) is 12.8. The summed E-state index contributed by atoms with van der Waals surface area (Å²) in [5, 5.41) is 0. The average Bonchev–Trinajstić information content (AvgIpc) is 2.75. The number of hydrogen-bond acceptors (Lipinski definition) is 2. The van der Waals surface area contributed by atoms with E-state index in [-0.39, 0.29) is 11.7 Å². The van der Waals surface area contributed by atoms with Crippen LogP contribution >= 0.6 is 0 Å². The van der Waals surface area contributed by atoms with Crippen molar-refractivity contribution in [3.8, 4) is 0 Å². The Hall–Kier alpha value is -2.20. The van der Waals surface area contributed by atoms with Gasteiger partial charge in [0, 0.05) is 18.3 Å². The second kappa shape index (κ2) is 5.06. The molecule has 20 heavy (non-hydrogen) atoms. The fourth-order valence-corrected chi connectivity index (χ4v) is 2.56. The van der Waals surface area contributed by atoms with Crippen molar-refractivity contribution in [2.45, 2.75) is 12.5 Å². The van der Waals surface area contributed by atoms with Gasteiger partial charge in [0.15, 0.2) is 0 Å². The molecule has 0 aromatic heterocycles. The molecule has 3 nitrogen and oxygen atoms in total. The highest BCUT2D eigenvalue weighted by Gasteiger charge is 2.28. The maximum absolute atomic E-state index is 13.2. The van der Waals surface area contributed by atoms with E-state index in [1.165, 1.54) is 12.1 Å². The predicted molar refractivity (Wildman–Crippen MR) is 75.8 cm³/mol. The van der Waals surface area contributed by atoms with Crippen LogP contribution in [-0.4, -0.2) is 12.5 Å². The zero-order valence-electron chi connectivity index (χ0n) is 10.9. The molecule has 1 aliphatic heterocycles. The van der Waals surface area contributed by atoms with Gasteiger partial charge in [0.2, 0.25) is 5.91 Å². The average molecular weight is 270 g/mol. The van der Waals surface area contributed by atoms with E-state index in [4.69, 9.17) is 5.73 Å². The molecule has 3 rings (SSSR count). The second-order valence-electron chi connectivity index (χ2n) is 4.97. The highest BCUT2D eigenvalue weighted by atomic mass is 19.1. The molecule has 102 valence electrons. The Morgan fingerprint density at radius 2 is 2.00 bits per heavy atom. The third kappa shape index (κ3) is 2.30. The van der Waals surface area contributed by atoms with Gasteiger partial charge in [-0.15, -0.1) is 0 Å². The summed E-state index contributed by atoms with van der Waals surface area (Å²) in [4.78, 5) is 13.7. The summed E-state index contributed by atoms with van der Waals surface area (Å²) in [6.45, 7) is 0.360. The van der Waals surface area contributed by atoms with Crippen LogP contribution < -0.4 is 10.6 Å². The number of para-hydroxylation sites is 1. The highest BCUT2D eigenvalue weighted by Crippen LogP contribution is 2.29. The van der Waals surface area contributed by atoms with E-state index in [9.17, 15) is 9.18 Å². The molecule has 1 atom stereocenters. The molecule has 1 heterocycles. The van der Waals surface area contributed by atoms with Gasteiger partial charge in [0.1, 0.15) is 5.82 Å². The van der Waals surface area contributed by atoms with Crippen molar-refractivity contribution in [2.24, 2.45) is 5.73 Å². The molecule has 2 aromatic rings. The van der Waals surface area contributed by atoms with Gasteiger partial charge >= 0.3 is 0 Å². The van der Waals surface area contributed by atoms with Gasteiger partial charge in [-0.05, 0) is 29.3 Å². The van der Waals surface area contributed by atoms with Crippen molar-refractivity contribution in [2.75, 3.05) is 11.4 Å². The number of benzene rings is 2. The molecule has 1 aliphatic rings. The maximum atomic E-state index is 13.2. The van der Waals surface area contributed by atoms with Crippen LogP contribution in [0.2, 0.25) is 0 Å². The molecule has 2 N–H and O–H groups in total. The van der Waals surface area contributed by atoms with Gasteiger partial charge in [-0.25, -0.2) is 4.39 Å². The van der Waals surface area contributed by atoms with E-state index in [2.05, 4.69) is 0 Å². The normalized spacial score (nSPS) is 15.3. The molecule has 0 saturated heterocycles. The molecule has 1 unspecified atom stereocenters. The Morgan fingerprint density at radius 1 is 1.20 bits per heavy atom. The van der Waals surface area contributed by atoms with Gasteiger partial charge in [-0.3, -0.25) is 4.79 Å². The van der Waals surface area contributed by atoms with Crippen molar-refractivity contribution in [1.29, 1.82) is 0 Å². The van der Waals surface area contributed by atoms with E-state index in [1.807, 2.05) is 24.3 Å². The van der Waals surface area contributed by atoms with Crippen molar-refractivity contribution < 1.29 is 9.18 Å². The molecule has 0 radical (unpaired) electrons. The first-order valence-corrected chi connectivity index (χ1v) is 6.54. The maximum Gasteiger partial charge on any atom is 0.231 e. The molecule has 0 fully saturated rings. The molecule has 0 saturated carbocycles. The number of rotatable bonds is 3. The fraction of sp³-hybridized carbons (Fsp3) is 0.188. The summed E-state index contributed by atoms with van der Waals surface area (Å²) < 4.78 is 13.2. The van der Waals surface area contributed by atoms with Crippen LogP contribution in [-0.2, 0) is 11.2 Å². The Morgan fingerprint density at radius 3 is 2.80 bits per heavy atom. The van der Waals surface area contributed by atoms with E-state index in [0.29, 0.717) is 18.5 Å². The predicted octanol–water partition coefficient (Wildman–Crippen LogP) is 2.41. The topological polar surface area (TPSA) is 46.3 Å². The Bertz CT molecular complexity index is 656. The molecule has 0 aliphatic carbocycles. The summed E-state index contributed by atoms with van der Waals surface area (Å²) in [6, 6.07) is 13.5. The fourth-order valence-electron chi connectivity index (χ4n) is 2.56. The van der Waals surface area contributed by atoms with Crippen molar-refractivity contribution >= 4 is 11.6 Å². The number of nitrogens with two attached hydrogens (primary N) is 1. The van der Waals surface area contributed by atoms with Gasteiger partial charge in [0.05, 0.1) is 6.42 Å². The Kier molecular flexibility index (Phi) is 3.24. The first-order chi connectivity index (χ1) is 9.65. The van der Waals surface area contributed by atoms with Gasteiger partial charge in [-0.1, -0.05) is 30.3 Å². The SMILES string of the molecule is NC(CN1C(=O)Cc2ccccc21)c1cccc(F)c1. The molecule has 0 bridgehead atoms. The van der Waals surface area contributed by atoms with Crippen LogP contribution in [0.15, 0.2) is 48.5 Å². The summed E-state index contributed by atoms with van der Waals surface area (Å²) in [5.74, 6) is -0.274. The minimum Gasteiger partial charge on any atom is -0.322 e. The molecule has 4 heteroatoms. The van der Waals surface area contributed by atoms with Crippen molar-refractivity contribution in [3.63, 3.8) is 0 Å². The number of amides is 1. The number of anilines is 1. The van der Waals surface area contributed by atoms with Crippen LogP contribution in [0, 0.1) is 5.82 Å². The lowest BCUT2D eigenvalue weighted by molar-refractivity contribution is -0.117. The largest absolute Gasteiger partial charge is 0.322 e. The minimum atomic E-state index is -0.402. The van der Waals surface area contributed by atoms with E-state index >= 15 is 0 Å². The van der Waals surface area contributed by atoms with Crippen molar-refractivity contribution in [3.05, 3.63) is 65.5 Å². The van der Waals surface area contributed by atoms with Crippen LogP contribution in [0.3, 0.4) is 0 Å². The molecular formula is C16H15FN2O. The van der Waals surface area contributed by atoms with Crippen LogP contribution in [0.25, 0.3) is 0 Å². The third-order valence-electron chi connectivity index (χ3n) is 3.58. The van der Waals surface area contributed by atoms with Crippen LogP contribution in [0.5, 0.6) is 0 Å². The number of nitrogens with zero attached hydrogens (tertiary/aromatic N) is 1. The lowest BCUT2D eigenvalue weighted by atomic mass is 10.1. The molecule has 0 spiro atoms. The van der Waals surface area contributed by atoms with E-state index in [1.54, 1.807) is 17.0 Å². The first-order valence-electron chi connectivity index (χ1n) is 6.54. The van der Waals surface area contributed by atoms with Crippen LogP contribution in [0.4, 0.5) is 10.1 Å². The number of carbonyl (C=O) groups is 1. The Balaban J connectivity index is 1.83. The monoisotopic (exact) mass is 270 g/mol. The zero-order valence-corrected chi connectivity index (χ0v) is 10.9. The summed E-state index contributed by atoms with van der Waals surface area (Å²) in [7, 11) is 0. The number of halogens is 1. The summed E-state index contributed by atoms with van der Waals surface area (Å²) in [5.41, 5.74) is 8.72. The molecule has 2 aromatic carbocycles. The second-order valence-corrected chi connectivity index (χ2v) is 4.97. The van der Waals surface area contributed by atoms with E-state index in [0.717, 1.165) is 11.3 Å². The lowest BCUT2D eigenvalue weighted by Gasteiger charge is -2.22. The standard InChI is InChI=1S/C16H15FN2O/c17-13-6-3-5-11(8-13)14(18)10-19-15-7-2-1-4-12(15)9-16(19)20/h1-8,14H,9-10,18H2. The van der Waals surface area contributed by atoms with Gasteiger partial charge in [0.25, 0.3) is 0 Å². The summed E-state index contributed by atoms with van der Waals surface area (Å²) in [6.07, 6.45) is 0.409. The smallest absolute Gasteiger partial charge is 0.231 e.